The van der Waals surface area contributed by atoms with E-state index in [1.165, 1.54) is 0 Å². The van der Waals surface area contributed by atoms with E-state index < -0.39 is 0 Å². The van der Waals surface area contributed by atoms with Crippen LogP contribution in [0.4, 0.5) is 5.95 Å². The number of hydrogen-bond acceptors (Lipinski definition) is 6. The van der Waals surface area contributed by atoms with E-state index in [-0.39, 0.29) is 23.2 Å². The molecule has 0 aliphatic carbocycles. The van der Waals surface area contributed by atoms with Gasteiger partial charge < -0.3 is 15.0 Å². The van der Waals surface area contributed by atoms with Crippen molar-refractivity contribution in [3.05, 3.63) is 5.28 Å². The van der Waals surface area contributed by atoms with Gasteiger partial charge in [-0.05, 0) is 25.4 Å². The zero-order valence-corrected chi connectivity index (χ0v) is 10.9. The number of nitrogens with one attached hydrogen (secondary N) is 1. The van der Waals surface area contributed by atoms with E-state index in [0.29, 0.717) is 25.6 Å². The summed E-state index contributed by atoms with van der Waals surface area (Å²) in [5, 5.41) is 2.83. The van der Waals surface area contributed by atoms with E-state index >= 15 is 0 Å². The summed E-state index contributed by atoms with van der Waals surface area (Å²) in [6, 6.07) is -0.169. The Bertz CT molecular complexity index is 456. The summed E-state index contributed by atoms with van der Waals surface area (Å²) in [5.74, 6) is 0.302. The van der Waals surface area contributed by atoms with E-state index in [1.807, 2.05) is 6.92 Å². The molecule has 2 rings (SSSR count). The first-order valence-electron chi connectivity index (χ1n) is 5.70. The van der Waals surface area contributed by atoms with Gasteiger partial charge in [-0.3, -0.25) is 4.79 Å². The number of halogens is 1. The summed E-state index contributed by atoms with van der Waals surface area (Å²) >= 11 is 5.82. The van der Waals surface area contributed by atoms with Crippen molar-refractivity contribution in [2.75, 3.05) is 24.6 Å². The Labute approximate surface area is 110 Å². The van der Waals surface area contributed by atoms with Crippen molar-refractivity contribution in [2.24, 2.45) is 0 Å². The van der Waals surface area contributed by atoms with Crippen molar-refractivity contribution in [1.29, 1.82) is 0 Å². The number of carbonyl (C=O) groups excluding carboxylic acids is 1. The largest absolute Gasteiger partial charge is 0.464 e. The Hall–Kier alpha value is -1.63. The summed E-state index contributed by atoms with van der Waals surface area (Å²) in [6.07, 6.45) is 0. The van der Waals surface area contributed by atoms with Gasteiger partial charge in [0.05, 0.1) is 6.61 Å². The lowest BCUT2D eigenvalue weighted by atomic mass is 10.2. The number of carbonyl (C=O) groups is 1. The predicted molar refractivity (Wildman–Crippen MR) is 65.8 cm³/mol. The number of piperazine rings is 1. The van der Waals surface area contributed by atoms with E-state index in [4.69, 9.17) is 16.3 Å². The number of anilines is 1. The van der Waals surface area contributed by atoms with Gasteiger partial charge >= 0.3 is 6.01 Å². The molecule has 7 nitrogen and oxygen atoms in total. The maximum absolute atomic E-state index is 11.6. The highest BCUT2D eigenvalue weighted by Gasteiger charge is 2.28. The van der Waals surface area contributed by atoms with Gasteiger partial charge in [-0.15, -0.1) is 0 Å². The molecule has 1 amide bonds. The maximum Gasteiger partial charge on any atom is 0.322 e. The summed E-state index contributed by atoms with van der Waals surface area (Å²) in [6.45, 7) is 5.23. The minimum atomic E-state index is -0.341. The minimum absolute atomic E-state index is 0.0571. The Morgan fingerprint density at radius 1 is 1.50 bits per heavy atom. The molecule has 0 saturated carbocycles. The molecule has 1 atom stereocenters. The van der Waals surface area contributed by atoms with Crippen LogP contribution in [-0.4, -0.2) is 46.6 Å². The summed E-state index contributed by atoms with van der Waals surface area (Å²) < 4.78 is 5.21. The van der Waals surface area contributed by atoms with Gasteiger partial charge in [0.25, 0.3) is 0 Å². The summed E-state index contributed by atoms with van der Waals surface area (Å²) in [7, 11) is 0. The van der Waals surface area contributed by atoms with Crippen LogP contribution >= 0.6 is 11.6 Å². The van der Waals surface area contributed by atoms with Crippen LogP contribution in [0.15, 0.2) is 0 Å². The molecule has 1 aromatic rings. The molecule has 1 unspecified atom stereocenters. The fraction of sp³-hybridized carbons (Fsp3) is 0.600. The first kappa shape index (κ1) is 12.8. The summed E-state index contributed by atoms with van der Waals surface area (Å²) in [5.41, 5.74) is 0. The third-order valence-corrected chi connectivity index (χ3v) is 2.77. The number of hydrogen-bond donors (Lipinski definition) is 1. The molecule has 1 saturated heterocycles. The Kier molecular flexibility index (Phi) is 3.81. The quantitative estimate of drug-likeness (QED) is 0.849. The van der Waals surface area contributed by atoms with Gasteiger partial charge in [0.1, 0.15) is 6.04 Å². The molecule has 8 heteroatoms. The average Bonchev–Trinajstić information content (AvgIpc) is 2.32. The van der Waals surface area contributed by atoms with Crippen LogP contribution in [0.3, 0.4) is 0 Å². The van der Waals surface area contributed by atoms with Gasteiger partial charge in [-0.2, -0.15) is 15.0 Å². The average molecular weight is 272 g/mol. The molecule has 0 radical (unpaired) electrons. The number of nitrogens with zero attached hydrogens (tertiary/aromatic N) is 4. The highest BCUT2D eigenvalue weighted by Crippen LogP contribution is 2.18. The van der Waals surface area contributed by atoms with Gasteiger partial charge in [0.15, 0.2) is 0 Å². The molecule has 1 N–H and O–H groups in total. The number of ether oxygens (including phenoxy) is 1. The molecule has 0 spiro atoms. The Morgan fingerprint density at radius 3 is 3.00 bits per heavy atom. The first-order valence-corrected chi connectivity index (χ1v) is 6.08. The second kappa shape index (κ2) is 5.34. The lowest BCUT2D eigenvalue weighted by molar-refractivity contribution is -0.122. The number of aromatic nitrogens is 3. The molecule has 1 aromatic heterocycles. The van der Waals surface area contributed by atoms with Crippen molar-refractivity contribution in [3.8, 4) is 6.01 Å². The van der Waals surface area contributed by atoms with Gasteiger partial charge in [-0.1, -0.05) is 0 Å². The molecule has 98 valence electrons. The molecular formula is C10H14ClN5O2. The van der Waals surface area contributed by atoms with Crippen LogP contribution in [-0.2, 0) is 4.79 Å². The normalized spacial score (nSPS) is 19.6. The molecule has 1 aliphatic rings. The van der Waals surface area contributed by atoms with Crippen LogP contribution in [0.1, 0.15) is 13.8 Å². The van der Waals surface area contributed by atoms with Crippen LogP contribution in [0.5, 0.6) is 6.01 Å². The number of amides is 1. The number of rotatable bonds is 3. The van der Waals surface area contributed by atoms with E-state index in [0.717, 1.165) is 0 Å². The molecule has 1 fully saturated rings. The fourth-order valence-corrected chi connectivity index (χ4v) is 1.85. The molecule has 0 aromatic carbocycles. The maximum atomic E-state index is 11.6. The minimum Gasteiger partial charge on any atom is -0.464 e. The van der Waals surface area contributed by atoms with Gasteiger partial charge in [-0.25, -0.2) is 0 Å². The SMILES string of the molecule is CCOc1nc(Cl)nc(N2CCNC(=O)C2C)n1. The molecular weight excluding hydrogens is 258 g/mol. The van der Waals surface area contributed by atoms with Crippen molar-refractivity contribution >= 4 is 23.5 Å². The molecule has 0 bridgehead atoms. The van der Waals surface area contributed by atoms with Crippen LogP contribution in [0.2, 0.25) is 5.28 Å². The topological polar surface area (TPSA) is 80.2 Å². The van der Waals surface area contributed by atoms with E-state index in [2.05, 4.69) is 20.3 Å². The van der Waals surface area contributed by atoms with Crippen molar-refractivity contribution in [3.63, 3.8) is 0 Å². The second-order valence-corrected chi connectivity index (χ2v) is 4.12. The first-order chi connectivity index (χ1) is 8.61. The standard InChI is InChI=1S/C10H14ClN5O2/c1-3-18-10-14-8(11)13-9(15-10)16-5-4-12-7(17)6(16)2/h6H,3-5H2,1-2H3,(H,12,17). The highest BCUT2D eigenvalue weighted by atomic mass is 35.5. The fourth-order valence-electron chi connectivity index (χ4n) is 1.70. The predicted octanol–water partition coefficient (Wildman–Crippen LogP) is 0.248. The van der Waals surface area contributed by atoms with Crippen molar-refractivity contribution < 1.29 is 9.53 Å². The van der Waals surface area contributed by atoms with Crippen molar-refractivity contribution in [2.45, 2.75) is 19.9 Å². The van der Waals surface area contributed by atoms with Crippen molar-refractivity contribution in [1.82, 2.24) is 20.3 Å². The second-order valence-electron chi connectivity index (χ2n) is 3.78. The third kappa shape index (κ3) is 2.61. The molecule has 18 heavy (non-hydrogen) atoms. The van der Waals surface area contributed by atoms with Crippen LogP contribution in [0, 0.1) is 0 Å². The Balaban J connectivity index is 2.28. The molecule has 2 heterocycles. The Morgan fingerprint density at radius 2 is 2.28 bits per heavy atom. The monoisotopic (exact) mass is 271 g/mol. The highest BCUT2D eigenvalue weighted by molar-refractivity contribution is 6.28. The van der Waals surface area contributed by atoms with Crippen LogP contribution < -0.4 is 15.0 Å². The lowest BCUT2D eigenvalue weighted by Crippen LogP contribution is -2.54. The molecule has 1 aliphatic heterocycles. The zero-order chi connectivity index (χ0) is 13.1. The van der Waals surface area contributed by atoms with Gasteiger partial charge in [0, 0.05) is 13.1 Å². The van der Waals surface area contributed by atoms with Gasteiger partial charge in [0.2, 0.25) is 17.1 Å². The van der Waals surface area contributed by atoms with Crippen LogP contribution in [0.25, 0.3) is 0 Å². The van der Waals surface area contributed by atoms with E-state index in [9.17, 15) is 4.79 Å². The summed E-state index contributed by atoms with van der Waals surface area (Å²) in [4.78, 5) is 25.4. The lowest BCUT2D eigenvalue weighted by Gasteiger charge is -2.32. The third-order valence-electron chi connectivity index (χ3n) is 2.61. The smallest absolute Gasteiger partial charge is 0.322 e. The van der Waals surface area contributed by atoms with E-state index in [1.54, 1.807) is 11.8 Å². The zero-order valence-electron chi connectivity index (χ0n) is 10.2.